The van der Waals surface area contributed by atoms with Gasteiger partial charge in [-0.1, -0.05) is 30.3 Å². The minimum absolute atomic E-state index is 0.00886. The number of hydrogen-bond acceptors (Lipinski definition) is 7. The molecular weight excluding hydrogens is 378 g/mol. The number of rotatable bonds is 7. The highest BCUT2D eigenvalue weighted by Crippen LogP contribution is 2.35. The SMILES string of the molecule is COC(=O)[C@]1(CCC(C)=O)CN(C(=O)[C@@H](OC(C)=O)c2ccccc2)CCC1=O. The largest absolute Gasteiger partial charge is 0.468 e. The number of esters is 2. The topological polar surface area (TPSA) is 107 Å². The van der Waals surface area contributed by atoms with Gasteiger partial charge in [-0.3, -0.25) is 19.2 Å². The number of ketones is 2. The lowest BCUT2D eigenvalue weighted by molar-refractivity contribution is -0.169. The Hall–Kier alpha value is -3.03. The Morgan fingerprint density at radius 2 is 1.79 bits per heavy atom. The highest BCUT2D eigenvalue weighted by Gasteiger charge is 2.51. The van der Waals surface area contributed by atoms with Gasteiger partial charge in [0.15, 0.2) is 5.78 Å². The second-order valence-corrected chi connectivity index (χ2v) is 7.11. The molecule has 8 heteroatoms. The van der Waals surface area contributed by atoms with Crippen LogP contribution in [-0.2, 0) is 33.4 Å². The monoisotopic (exact) mass is 403 g/mol. The summed E-state index contributed by atoms with van der Waals surface area (Å²) in [6.45, 7) is 2.43. The number of hydrogen-bond donors (Lipinski definition) is 0. The number of benzene rings is 1. The van der Waals surface area contributed by atoms with E-state index in [1.165, 1.54) is 18.7 Å². The molecule has 1 saturated heterocycles. The Balaban J connectivity index is 2.35. The number of nitrogens with zero attached hydrogens (tertiary/aromatic N) is 1. The molecule has 0 spiro atoms. The number of carbonyl (C=O) groups is 5. The van der Waals surface area contributed by atoms with Gasteiger partial charge in [-0.05, 0) is 13.3 Å². The standard InChI is InChI=1S/C21H25NO7/c1-14(23)9-11-21(20(27)28-3)13-22(12-10-17(21)25)19(26)18(29-15(2)24)16-7-5-4-6-8-16/h4-8,18H,9-13H2,1-3H3/t18-,21+/m0/s1. The smallest absolute Gasteiger partial charge is 0.321 e. The van der Waals surface area contributed by atoms with E-state index < -0.39 is 29.4 Å². The average Bonchev–Trinajstić information content (AvgIpc) is 2.71. The maximum atomic E-state index is 13.2. The van der Waals surface area contributed by atoms with Crippen molar-refractivity contribution in [2.75, 3.05) is 20.2 Å². The predicted octanol–water partition coefficient (Wildman–Crippen LogP) is 1.62. The number of methoxy groups -OCH3 is 1. The third-order valence-electron chi connectivity index (χ3n) is 5.01. The summed E-state index contributed by atoms with van der Waals surface area (Å²) in [6, 6.07) is 8.51. The molecular formula is C21H25NO7. The third-order valence-corrected chi connectivity index (χ3v) is 5.01. The maximum absolute atomic E-state index is 13.2. The summed E-state index contributed by atoms with van der Waals surface area (Å²) in [5.74, 6) is -2.47. The van der Waals surface area contributed by atoms with Crippen molar-refractivity contribution in [1.82, 2.24) is 4.90 Å². The van der Waals surface area contributed by atoms with Crippen LogP contribution in [0.4, 0.5) is 0 Å². The van der Waals surface area contributed by atoms with Crippen LogP contribution >= 0.6 is 0 Å². The van der Waals surface area contributed by atoms with Crippen molar-refractivity contribution in [1.29, 1.82) is 0 Å². The van der Waals surface area contributed by atoms with E-state index in [1.54, 1.807) is 30.3 Å². The number of carbonyl (C=O) groups excluding carboxylic acids is 5. The van der Waals surface area contributed by atoms with Crippen LogP contribution < -0.4 is 0 Å². The molecule has 1 aromatic rings. The van der Waals surface area contributed by atoms with Crippen molar-refractivity contribution < 1.29 is 33.4 Å². The first-order chi connectivity index (χ1) is 13.7. The molecule has 1 aliphatic rings. The first kappa shape index (κ1) is 22.3. The van der Waals surface area contributed by atoms with E-state index in [2.05, 4.69) is 0 Å². The molecule has 1 heterocycles. The number of amides is 1. The summed E-state index contributed by atoms with van der Waals surface area (Å²) >= 11 is 0. The first-order valence-corrected chi connectivity index (χ1v) is 9.33. The molecule has 2 rings (SSSR count). The predicted molar refractivity (Wildman–Crippen MR) is 102 cm³/mol. The fourth-order valence-electron chi connectivity index (χ4n) is 3.46. The first-order valence-electron chi connectivity index (χ1n) is 9.33. The molecule has 8 nitrogen and oxygen atoms in total. The van der Waals surface area contributed by atoms with Crippen molar-refractivity contribution >= 4 is 29.4 Å². The lowest BCUT2D eigenvalue weighted by Crippen LogP contribution is -2.56. The van der Waals surface area contributed by atoms with Gasteiger partial charge >= 0.3 is 11.9 Å². The lowest BCUT2D eigenvalue weighted by atomic mass is 9.74. The summed E-state index contributed by atoms with van der Waals surface area (Å²) in [5.41, 5.74) is -1.12. The Bertz CT molecular complexity index is 795. The van der Waals surface area contributed by atoms with Gasteiger partial charge in [0.1, 0.15) is 11.2 Å². The summed E-state index contributed by atoms with van der Waals surface area (Å²) in [4.78, 5) is 62.8. The van der Waals surface area contributed by atoms with Gasteiger partial charge in [0.2, 0.25) is 6.10 Å². The van der Waals surface area contributed by atoms with Crippen LogP contribution in [-0.4, -0.2) is 54.5 Å². The molecule has 0 radical (unpaired) electrons. The Kier molecular flexibility index (Phi) is 7.25. The maximum Gasteiger partial charge on any atom is 0.321 e. The second-order valence-electron chi connectivity index (χ2n) is 7.11. The Morgan fingerprint density at radius 1 is 1.14 bits per heavy atom. The molecule has 1 amide bonds. The Labute approximate surface area is 169 Å². The van der Waals surface area contributed by atoms with Gasteiger partial charge in [-0.15, -0.1) is 0 Å². The molecule has 0 N–H and O–H groups in total. The van der Waals surface area contributed by atoms with Crippen LogP contribution in [0, 0.1) is 5.41 Å². The zero-order chi connectivity index (χ0) is 21.6. The fourth-order valence-corrected chi connectivity index (χ4v) is 3.46. The van der Waals surface area contributed by atoms with Gasteiger partial charge in [0.05, 0.1) is 7.11 Å². The van der Waals surface area contributed by atoms with Gasteiger partial charge < -0.3 is 19.2 Å². The lowest BCUT2D eigenvalue weighted by Gasteiger charge is -2.40. The highest BCUT2D eigenvalue weighted by molar-refractivity contribution is 6.06. The minimum atomic E-state index is -1.61. The van der Waals surface area contributed by atoms with Crippen molar-refractivity contribution in [3.8, 4) is 0 Å². The molecule has 0 aromatic heterocycles. The number of likely N-dealkylation sites (tertiary alicyclic amines) is 1. The molecule has 0 unspecified atom stereocenters. The normalized spacial score (nSPS) is 20.0. The molecule has 1 aliphatic heterocycles. The van der Waals surface area contributed by atoms with Crippen molar-refractivity contribution in [2.45, 2.75) is 39.2 Å². The summed E-state index contributed by atoms with van der Waals surface area (Å²) in [7, 11) is 1.16. The molecule has 156 valence electrons. The van der Waals surface area contributed by atoms with Crippen LogP contribution in [0.2, 0.25) is 0 Å². The number of ether oxygens (including phenoxy) is 2. The fraction of sp³-hybridized carbons (Fsp3) is 0.476. The summed E-state index contributed by atoms with van der Waals surface area (Å²) < 4.78 is 10.1. The molecule has 2 atom stereocenters. The molecule has 1 fully saturated rings. The highest BCUT2D eigenvalue weighted by atomic mass is 16.5. The van der Waals surface area contributed by atoms with Crippen LogP contribution in [0.3, 0.4) is 0 Å². The van der Waals surface area contributed by atoms with Gasteiger partial charge in [-0.25, -0.2) is 0 Å². The van der Waals surface area contributed by atoms with Gasteiger partial charge in [-0.2, -0.15) is 0 Å². The van der Waals surface area contributed by atoms with E-state index in [0.29, 0.717) is 5.56 Å². The van der Waals surface area contributed by atoms with E-state index in [4.69, 9.17) is 9.47 Å². The third kappa shape index (κ3) is 5.07. The second kappa shape index (κ2) is 9.45. The quantitative estimate of drug-likeness (QED) is 0.503. The van der Waals surface area contributed by atoms with Crippen LogP contribution in [0.1, 0.15) is 44.8 Å². The molecule has 29 heavy (non-hydrogen) atoms. The van der Waals surface area contributed by atoms with Crippen molar-refractivity contribution in [2.24, 2.45) is 5.41 Å². The molecule has 0 saturated carbocycles. The molecule has 1 aromatic carbocycles. The van der Waals surface area contributed by atoms with Crippen LogP contribution in [0.5, 0.6) is 0 Å². The average molecular weight is 403 g/mol. The number of piperidine rings is 1. The molecule has 0 bridgehead atoms. The van der Waals surface area contributed by atoms with Gasteiger partial charge in [0.25, 0.3) is 5.91 Å². The van der Waals surface area contributed by atoms with E-state index in [1.807, 2.05) is 0 Å². The molecule has 0 aliphatic carbocycles. The van der Waals surface area contributed by atoms with Gasteiger partial charge in [0, 0.05) is 38.4 Å². The van der Waals surface area contributed by atoms with Crippen LogP contribution in [0.25, 0.3) is 0 Å². The summed E-state index contributed by atoms with van der Waals surface area (Å²) in [5, 5.41) is 0. The zero-order valence-corrected chi connectivity index (χ0v) is 16.8. The van der Waals surface area contributed by atoms with Crippen LogP contribution in [0.15, 0.2) is 30.3 Å². The van der Waals surface area contributed by atoms with E-state index in [-0.39, 0.29) is 43.9 Å². The van der Waals surface area contributed by atoms with Crippen molar-refractivity contribution in [3.63, 3.8) is 0 Å². The Morgan fingerprint density at radius 3 is 2.34 bits per heavy atom. The van der Waals surface area contributed by atoms with E-state index >= 15 is 0 Å². The summed E-state index contributed by atoms with van der Waals surface area (Å²) in [6.07, 6.45) is -1.28. The number of Topliss-reactive ketones (excluding diaryl/α,β-unsaturated/α-hetero) is 2. The van der Waals surface area contributed by atoms with E-state index in [0.717, 1.165) is 7.11 Å². The van der Waals surface area contributed by atoms with E-state index in [9.17, 15) is 24.0 Å². The minimum Gasteiger partial charge on any atom is -0.468 e. The van der Waals surface area contributed by atoms with Crippen molar-refractivity contribution in [3.05, 3.63) is 35.9 Å². The zero-order valence-electron chi connectivity index (χ0n) is 16.8.